The van der Waals surface area contributed by atoms with Crippen LogP contribution in [0.4, 0.5) is 0 Å². The highest BCUT2D eigenvalue weighted by atomic mass is 16.5. The van der Waals surface area contributed by atoms with Gasteiger partial charge in [-0.1, -0.05) is 32.9 Å². The van der Waals surface area contributed by atoms with Crippen molar-refractivity contribution in [2.75, 3.05) is 20.2 Å². The van der Waals surface area contributed by atoms with Gasteiger partial charge in [0.15, 0.2) is 0 Å². The van der Waals surface area contributed by atoms with Gasteiger partial charge >= 0.3 is 5.97 Å². The van der Waals surface area contributed by atoms with E-state index in [1.54, 1.807) is 17.4 Å². The quantitative estimate of drug-likeness (QED) is 0.668. The Bertz CT molecular complexity index is 731. The van der Waals surface area contributed by atoms with Gasteiger partial charge in [-0.05, 0) is 29.5 Å². The molecule has 146 valence electrons. The number of esters is 1. The van der Waals surface area contributed by atoms with Gasteiger partial charge in [-0.15, -0.1) is 0 Å². The van der Waals surface area contributed by atoms with E-state index in [2.05, 4.69) is 25.8 Å². The zero-order valence-corrected chi connectivity index (χ0v) is 16.6. The van der Waals surface area contributed by atoms with Crippen molar-refractivity contribution >= 4 is 11.9 Å². The minimum Gasteiger partial charge on any atom is -0.469 e. The Balaban J connectivity index is 2.05. The Labute approximate surface area is 161 Å². The fourth-order valence-electron chi connectivity index (χ4n) is 2.80. The second-order valence-corrected chi connectivity index (χ2v) is 7.60. The maximum atomic E-state index is 13.0. The first-order valence-electron chi connectivity index (χ1n) is 9.23. The normalized spacial score (nSPS) is 11.3. The first kappa shape index (κ1) is 20.7. The number of benzene rings is 1. The fraction of sp³-hybridized carbons (Fsp3) is 0.476. The van der Waals surface area contributed by atoms with E-state index in [0.717, 1.165) is 13.0 Å². The van der Waals surface area contributed by atoms with Gasteiger partial charge < -0.3 is 14.2 Å². The Kier molecular flexibility index (Phi) is 7.16. The molecule has 1 amide bonds. The number of hydrogen-bond acceptors (Lipinski definition) is 4. The third-order valence-corrected chi connectivity index (χ3v) is 4.50. The van der Waals surface area contributed by atoms with Crippen molar-refractivity contribution in [1.82, 2.24) is 14.5 Å². The summed E-state index contributed by atoms with van der Waals surface area (Å²) in [5, 5.41) is 0. The third-order valence-electron chi connectivity index (χ3n) is 4.50. The number of nitrogens with zero attached hydrogens (tertiary/aromatic N) is 3. The highest BCUT2D eigenvalue weighted by Gasteiger charge is 2.19. The van der Waals surface area contributed by atoms with E-state index in [-0.39, 0.29) is 23.7 Å². The van der Waals surface area contributed by atoms with Crippen LogP contribution in [0.5, 0.6) is 0 Å². The number of ether oxygens (including phenoxy) is 1. The molecule has 1 aromatic carbocycles. The number of imidazole rings is 1. The van der Waals surface area contributed by atoms with Crippen LogP contribution in [0.1, 0.15) is 49.5 Å². The summed E-state index contributed by atoms with van der Waals surface area (Å²) in [5.74, 6) is -0.379. The predicted molar refractivity (Wildman–Crippen MR) is 105 cm³/mol. The zero-order valence-electron chi connectivity index (χ0n) is 16.6. The molecule has 27 heavy (non-hydrogen) atoms. The molecule has 0 aliphatic heterocycles. The lowest BCUT2D eigenvalue weighted by Crippen LogP contribution is -2.34. The summed E-state index contributed by atoms with van der Waals surface area (Å²) in [6, 6.07) is 7.72. The third kappa shape index (κ3) is 6.24. The minimum absolute atomic E-state index is 0.0386. The number of carbonyl (C=O) groups excluding carboxylic acids is 2. The van der Waals surface area contributed by atoms with E-state index in [1.807, 2.05) is 35.0 Å². The van der Waals surface area contributed by atoms with E-state index in [0.29, 0.717) is 18.7 Å². The maximum Gasteiger partial charge on any atom is 0.307 e. The molecule has 0 spiro atoms. The Morgan fingerprint density at radius 2 is 1.85 bits per heavy atom. The van der Waals surface area contributed by atoms with Gasteiger partial charge in [-0.25, -0.2) is 4.98 Å². The van der Waals surface area contributed by atoms with Crippen molar-refractivity contribution in [2.24, 2.45) is 0 Å². The van der Waals surface area contributed by atoms with Crippen LogP contribution >= 0.6 is 0 Å². The molecule has 1 heterocycles. The number of aryl methyl sites for hydroxylation is 1. The maximum absolute atomic E-state index is 13.0. The summed E-state index contributed by atoms with van der Waals surface area (Å²) in [4.78, 5) is 30.2. The highest BCUT2D eigenvalue weighted by molar-refractivity contribution is 5.94. The van der Waals surface area contributed by atoms with Crippen molar-refractivity contribution in [3.05, 3.63) is 54.1 Å². The Morgan fingerprint density at radius 1 is 1.15 bits per heavy atom. The summed E-state index contributed by atoms with van der Waals surface area (Å²) in [7, 11) is 1.36. The monoisotopic (exact) mass is 371 g/mol. The second kappa shape index (κ2) is 9.35. The van der Waals surface area contributed by atoms with Gasteiger partial charge in [0.1, 0.15) is 0 Å². The number of methoxy groups -OCH3 is 1. The minimum atomic E-state index is -0.314. The highest BCUT2D eigenvalue weighted by Crippen LogP contribution is 2.22. The van der Waals surface area contributed by atoms with Crippen LogP contribution in [0.3, 0.4) is 0 Å². The van der Waals surface area contributed by atoms with Crippen molar-refractivity contribution in [2.45, 2.75) is 45.6 Å². The predicted octanol–water partition coefficient (Wildman–Crippen LogP) is 3.28. The van der Waals surface area contributed by atoms with Crippen molar-refractivity contribution in [3.63, 3.8) is 0 Å². The molecule has 0 N–H and O–H groups in total. The molecular formula is C21H29N3O3. The van der Waals surface area contributed by atoms with Gasteiger partial charge in [-0.2, -0.15) is 0 Å². The van der Waals surface area contributed by atoms with Crippen molar-refractivity contribution in [3.8, 4) is 0 Å². The van der Waals surface area contributed by atoms with Crippen LogP contribution in [0.15, 0.2) is 43.0 Å². The van der Waals surface area contributed by atoms with E-state index < -0.39 is 0 Å². The molecule has 0 aliphatic carbocycles. The summed E-state index contributed by atoms with van der Waals surface area (Å²) < 4.78 is 6.69. The van der Waals surface area contributed by atoms with Gasteiger partial charge in [0.2, 0.25) is 0 Å². The zero-order chi connectivity index (χ0) is 19.9. The molecule has 0 unspecified atom stereocenters. The largest absolute Gasteiger partial charge is 0.469 e. The molecule has 1 aromatic heterocycles. The molecule has 0 atom stereocenters. The Hall–Kier alpha value is -2.63. The average Bonchev–Trinajstić information content (AvgIpc) is 3.16. The standard InChI is InChI=1S/C21H29N3O3/c1-21(2,3)18-8-6-17(7-9-18)20(26)24(14-10-19(25)27-4)13-5-12-23-15-11-22-16-23/h6-9,11,15-16H,5,10,12-14H2,1-4H3. The molecular weight excluding hydrogens is 342 g/mol. The molecule has 0 fully saturated rings. The van der Waals surface area contributed by atoms with Gasteiger partial charge in [0.25, 0.3) is 5.91 Å². The molecule has 0 bridgehead atoms. The topological polar surface area (TPSA) is 64.4 Å². The van der Waals surface area contributed by atoms with Crippen molar-refractivity contribution in [1.29, 1.82) is 0 Å². The summed E-state index contributed by atoms with van der Waals surface area (Å²) in [5.41, 5.74) is 1.85. The Morgan fingerprint density at radius 3 is 2.41 bits per heavy atom. The molecule has 2 rings (SSSR count). The SMILES string of the molecule is COC(=O)CCN(CCCn1ccnc1)C(=O)c1ccc(C(C)(C)C)cc1. The molecule has 0 aliphatic rings. The lowest BCUT2D eigenvalue weighted by molar-refractivity contribution is -0.140. The van der Waals surface area contributed by atoms with Crippen LogP contribution in [0.2, 0.25) is 0 Å². The molecule has 6 nitrogen and oxygen atoms in total. The lowest BCUT2D eigenvalue weighted by atomic mass is 9.86. The van der Waals surface area contributed by atoms with Gasteiger partial charge in [-0.3, -0.25) is 9.59 Å². The average molecular weight is 371 g/mol. The number of aromatic nitrogens is 2. The summed E-state index contributed by atoms with van der Waals surface area (Å²) in [6.45, 7) is 8.10. The van der Waals surface area contributed by atoms with Crippen LogP contribution in [0.25, 0.3) is 0 Å². The molecule has 0 saturated carbocycles. The van der Waals surface area contributed by atoms with Gasteiger partial charge in [0, 0.05) is 37.6 Å². The van der Waals surface area contributed by atoms with Crippen LogP contribution in [-0.4, -0.2) is 46.5 Å². The number of hydrogen-bond donors (Lipinski definition) is 0. The molecule has 0 saturated heterocycles. The van der Waals surface area contributed by atoms with E-state index >= 15 is 0 Å². The molecule has 6 heteroatoms. The summed E-state index contributed by atoms with van der Waals surface area (Å²) >= 11 is 0. The summed E-state index contributed by atoms with van der Waals surface area (Å²) in [6.07, 6.45) is 6.35. The fourth-order valence-corrected chi connectivity index (χ4v) is 2.80. The molecule has 0 radical (unpaired) electrons. The smallest absolute Gasteiger partial charge is 0.307 e. The van der Waals surface area contributed by atoms with E-state index in [1.165, 1.54) is 12.7 Å². The molecule has 2 aromatic rings. The second-order valence-electron chi connectivity index (χ2n) is 7.60. The van der Waals surface area contributed by atoms with Gasteiger partial charge in [0.05, 0.1) is 19.9 Å². The van der Waals surface area contributed by atoms with Crippen LogP contribution in [-0.2, 0) is 21.5 Å². The number of amides is 1. The van der Waals surface area contributed by atoms with Crippen LogP contribution < -0.4 is 0 Å². The van der Waals surface area contributed by atoms with E-state index in [9.17, 15) is 9.59 Å². The first-order chi connectivity index (χ1) is 12.8. The number of rotatable bonds is 8. The number of carbonyl (C=O) groups is 2. The van der Waals surface area contributed by atoms with Crippen LogP contribution in [0, 0.1) is 0 Å². The lowest BCUT2D eigenvalue weighted by Gasteiger charge is -2.23. The first-order valence-corrected chi connectivity index (χ1v) is 9.23. The van der Waals surface area contributed by atoms with Crippen molar-refractivity contribution < 1.29 is 14.3 Å². The van der Waals surface area contributed by atoms with E-state index in [4.69, 9.17) is 4.74 Å².